The first-order valence-electron chi connectivity index (χ1n) is 5.50. The van der Waals surface area contributed by atoms with Gasteiger partial charge in [-0.2, -0.15) is 0 Å². The molecular formula is C13H13BrN2O. The summed E-state index contributed by atoms with van der Waals surface area (Å²) in [6.07, 6.45) is 4.28. The summed E-state index contributed by atoms with van der Waals surface area (Å²) in [5.74, 6) is -0.0168. The molecule has 0 spiro atoms. The summed E-state index contributed by atoms with van der Waals surface area (Å²) in [7, 11) is 0. The summed E-state index contributed by atoms with van der Waals surface area (Å²) in [6, 6.07) is 7.69. The molecule has 1 aromatic heterocycles. The monoisotopic (exact) mass is 292 g/mol. The highest BCUT2D eigenvalue weighted by atomic mass is 79.9. The van der Waals surface area contributed by atoms with Crippen molar-refractivity contribution in [2.45, 2.75) is 18.2 Å². The van der Waals surface area contributed by atoms with Crippen LogP contribution in [0.5, 0.6) is 0 Å². The Hall–Kier alpha value is -1.42. The highest BCUT2D eigenvalue weighted by Gasteiger charge is 2.13. The number of alkyl halides is 1. The number of carbonyl (C=O) groups is 1. The molecule has 1 atom stereocenters. The van der Waals surface area contributed by atoms with Crippen LogP contribution in [0.25, 0.3) is 10.8 Å². The number of amides is 1. The molecule has 88 valence electrons. The van der Waals surface area contributed by atoms with Crippen LogP contribution >= 0.6 is 15.9 Å². The lowest BCUT2D eigenvalue weighted by atomic mass is 10.1. The molecule has 3 nitrogen and oxygen atoms in total. The van der Waals surface area contributed by atoms with E-state index < -0.39 is 0 Å². The highest BCUT2D eigenvalue weighted by molar-refractivity contribution is 9.10. The van der Waals surface area contributed by atoms with Gasteiger partial charge in [-0.15, -0.1) is 0 Å². The second kappa shape index (κ2) is 5.27. The van der Waals surface area contributed by atoms with Crippen molar-refractivity contribution in [2.75, 3.05) is 5.32 Å². The Morgan fingerprint density at radius 3 is 3.06 bits per heavy atom. The number of nitrogens with zero attached hydrogens (tertiary/aromatic N) is 1. The molecule has 1 heterocycles. The highest BCUT2D eigenvalue weighted by Crippen LogP contribution is 2.22. The van der Waals surface area contributed by atoms with E-state index in [1.54, 1.807) is 12.4 Å². The summed E-state index contributed by atoms with van der Waals surface area (Å²) < 4.78 is 0. The normalized spacial score (nSPS) is 12.4. The third-order valence-electron chi connectivity index (χ3n) is 2.58. The van der Waals surface area contributed by atoms with Gasteiger partial charge in [0, 0.05) is 28.9 Å². The number of hydrogen-bond donors (Lipinski definition) is 1. The molecule has 0 fully saturated rings. The lowest BCUT2D eigenvalue weighted by molar-refractivity contribution is -0.115. The Kier molecular flexibility index (Phi) is 3.74. The van der Waals surface area contributed by atoms with Gasteiger partial charge in [0.05, 0.1) is 4.83 Å². The van der Waals surface area contributed by atoms with Crippen molar-refractivity contribution in [3.8, 4) is 0 Å². The van der Waals surface area contributed by atoms with Gasteiger partial charge in [-0.1, -0.05) is 35.0 Å². The quantitative estimate of drug-likeness (QED) is 0.882. The maximum absolute atomic E-state index is 11.8. The van der Waals surface area contributed by atoms with Crippen LogP contribution in [0.1, 0.15) is 13.3 Å². The van der Waals surface area contributed by atoms with Crippen molar-refractivity contribution >= 4 is 38.3 Å². The zero-order chi connectivity index (χ0) is 12.3. The van der Waals surface area contributed by atoms with Crippen LogP contribution in [-0.2, 0) is 4.79 Å². The molecule has 0 aliphatic carbocycles. The van der Waals surface area contributed by atoms with Crippen molar-refractivity contribution in [1.82, 2.24) is 4.98 Å². The smallest absolute Gasteiger partial charge is 0.238 e. The maximum atomic E-state index is 11.8. The number of aromatic nitrogens is 1. The zero-order valence-corrected chi connectivity index (χ0v) is 11.1. The van der Waals surface area contributed by atoms with E-state index in [-0.39, 0.29) is 10.7 Å². The minimum Gasteiger partial charge on any atom is -0.325 e. The van der Waals surface area contributed by atoms with E-state index >= 15 is 0 Å². The first-order valence-corrected chi connectivity index (χ1v) is 6.41. The molecule has 1 aromatic carbocycles. The number of pyridine rings is 1. The van der Waals surface area contributed by atoms with Gasteiger partial charge in [0.15, 0.2) is 0 Å². The number of carbonyl (C=O) groups excluding carboxylic acids is 1. The van der Waals surface area contributed by atoms with Crippen LogP contribution in [0.4, 0.5) is 5.69 Å². The minimum atomic E-state index is -0.153. The number of rotatable bonds is 3. The Morgan fingerprint density at radius 2 is 2.29 bits per heavy atom. The molecule has 2 aromatic rings. The first kappa shape index (κ1) is 12.0. The molecule has 1 N–H and O–H groups in total. The summed E-state index contributed by atoms with van der Waals surface area (Å²) in [5, 5.41) is 4.95. The van der Waals surface area contributed by atoms with Crippen LogP contribution in [0.3, 0.4) is 0 Å². The van der Waals surface area contributed by atoms with Crippen LogP contribution in [-0.4, -0.2) is 15.7 Å². The Balaban J connectivity index is 2.33. The minimum absolute atomic E-state index is 0.0168. The maximum Gasteiger partial charge on any atom is 0.238 e. The topological polar surface area (TPSA) is 42.0 Å². The van der Waals surface area contributed by atoms with Crippen molar-refractivity contribution in [2.24, 2.45) is 0 Å². The fraction of sp³-hybridized carbons (Fsp3) is 0.231. The van der Waals surface area contributed by atoms with Crippen molar-refractivity contribution in [3.63, 3.8) is 0 Å². The third-order valence-corrected chi connectivity index (χ3v) is 3.64. The second-order valence-corrected chi connectivity index (χ2v) is 4.87. The van der Waals surface area contributed by atoms with E-state index in [1.807, 2.05) is 31.2 Å². The summed E-state index contributed by atoms with van der Waals surface area (Å²) in [5.41, 5.74) is 0.827. The van der Waals surface area contributed by atoms with Crippen LogP contribution < -0.4 is 5.32 Å². The Morgan fingerprint density at radius 1 is 1.47 bits per heavy atom. The molecule has 1 unspecified atom stereocenters. The van der Waals surface area contributed by atoms with Gasteiger partial charge in [-0.25, -0.2) is 0 Å². The molecule has 0 bridgehead atoms. The summed E-state index contributed by atoms with van der Waals surface area (Å²) >= 11 is 3.34. The predicted octanol–water partition coefficient (Wildman–Crippen LogP) is 3.35. The number of benzene rings is 1. The van der Waals surface area contributed by atoms with E-state index in [0.717, 1.165) is 22.9 Å². The van der Waals surface area contributed by atoms with Crippen LogP contribution in [0.15, 0.2) is 36.7 Å². The van der Waals surface area contributed by atoms with E-state index in [2.05, 4.69) is 26.2 Å². The fourth-order valence-corrected chi connectivity index (χ4v) is 1.74. The standard InChI is InChI=1S/C13H13BrN2O/c1-2-11(14)13(17)16-12-5-3-4-9-8-15-7-6-10(9)12/h3-8,11H,2H2,1H3,(H,16,17). The average Bonchev–Trinajstić information content (AvgIpc) is 2.38. The Bertz CT molecular complexity index is 536. The number of anilines is 1. The largest absolute Gasteiger partial charge is 0.325 e. The van der Waals surface area contributed by atoms with Gasteiger partial charge >= 0.3 is 0 Å². The molecule has 0 radical (unpaired) electrons. The lowest BCUT2D eigenvalue weighted by Crippen LogP contribution is -2.22. The van der Waals surface area contributed by atoms with Gasteiger partial charge in [-0.05, 0) is 18.6 Å². The molecule has 17 heavy (non-hydrogen) atoms. The molecule has 2 rings (SSSR count). The molecule has 1 amide bonds. The van der Waals surface area contributed by atoms with Gasteiger partial charge in [0.2, 0.25) is 5.91 Å². The molecule has 0 saturated carbocycles. The predicted molar refractivity (Wildman–Crippen MR) is 73.4 cm³/mol. The van der Waals surface area contributed by atoms with Crippen LogP contribution in [0, 0.1) is 0 Å². The number of nitrogens with one attached hydrogen (secondary N) is 1. The SMILES string of the molecule is CCC(Br)C(=O)Nc1cccc2cnccc12. The molecule has 4 heteroatoms. The van der Waals surface area contributed by atoms with Crippen molar-refractivity contribution in [1.29, 1.82) is 0 Å². The fourth-order valence-electron chi connectivity index (χ4n) is 1.63. The van der Waals surface area contributed by atoms with Crippen molar-refractivity contribution < 1.29 is 4.79 Å². The van der Waals surface area contributed by atoms with Gasteiger partial charge < -0.3 is 5.32 Å². The zero-order valence-electron chi connectivity index (χ0n) is 9.48. The second-order valence-electron chi connectivity index (χ2n) is 3.77. The number of halogens is 1. The molecule has 0 aliphatic heterocycles. The van der Waals surface area contributed by atoms with Crippen LogP contribution in [0.2, 0.25) is 0 Å². The van der Waals surface area contributed by atoms with Gasteiger partial charge in [-0.3, -0.25) is 9.78 Å². The van der Waals surface area contributed by atoms with E-state index in [0.29, 0.717) is 0 Å². The Labute approximate surface area is 108 Å². The number of hydrogen-bond acceptors (Lipinski definition) is 2. The van der Waals surface area contributed by atoms with Gasteiger partial charge in [0.1, 0.15) is 0 Å². The van der Waals surface area contributed by atoms with Crippen molar-refractivity contribution in [3.05, 3.63) is 36.7 Å². The first-order chi connectivity index (χ1) is 8.22. The molecule has 0 aliphatic rings. The summed E-state index contributed by atoms with van der Waals surface area (Å²) in [6.45, 7) is 1.96. The van der Waals surface area contributed by atoms with Gasteiger partial charge in [0.25, 0.3) is 0 Å². The average molecular weight is 293 g/mol. The number of fused-ring (bicyclic) bond motifs is 1. The molecular weight excluding hydrogens is 280 g/mol. The molecule has 0 saturated heterocycles. The van der Waals surface area contributed by atoms with E-state index in [4.69, 9.17) is 0 Å². The van der Waals surface area contributed by atoms with E-state index in [1.165, 1.54) is 0 Å². The van der Waals surface area contributed by atoms with E-state index in [9.17, 15) is 4.79 Å². The summed E-state index contributed by atoms with van der Waals surface area (Å²) in [4.78, 5) is 15.7. The lowest BCUT2D eigenvalue weighted by Gasteiger charge is -2.10. The third kappa shape index (κ3) is 2.64.